The van der Waals surface area contributed by atoms with Crippen molar-refractivity contribution in [2.45, 2.75) is 39.1 Å². The molecule has 0 bridgehead atoms. The number of hydrogen-bond acceptors (Lipinski definition) is 8. The maximum atomic E-state index is 14.2. The molecular weight excluding hydrogens is 589 g/mol. The maximum absolute atomic E-state index is 14.2. The smallest absolute Gasteiger partial charge is 0.347 e. The monoisotopic (exact) mass is 623 g/mol. The summed E-state index contributed by atoms with van der Waals surface area (Å²) in [6, 6.07) is 23.4. The van der Waals surface area contributed by atoms with E-state index in [1.165, 1.54) is 16.7 Å². The molecule has 0 unspecified atom stereocenters. The minimum absolute atomic E-state index is 0.0489. The van der Waals surface area contributed by atoms with Crippen molar-refractivity contribution in [3.63, 3.8) is 0 Å². The quantitative estimate of drug-likeness (QED) is 0.184. The van der Waals surface area contributed by atoms with Crippen LogP contribution in [0.3, 0.4) is 0 Å². The van der Waals surface area contributed by atoms with Crippen LogP contribution in [0.2, 0.25) is 0 Å². The van der Waals surface area contributed by atoms with Gasteiger partial charge in [-0.1, -0.05) is 54.6 Å². The topological polar surface area (TPSA) is 101 Å². The third-order valence-corrected chi connectivity index (χ3v) is 7.80. The number of nitrogens with one attached hydrogen (secondary N) is 1. The lowest BCUT2D eigenvalue weighted by molar-refractivity contribution is 0.0517. The van der Waals surface area contributed by atoms with Crippen LogP contribution in [0.15, 0.2) is 89.9 Å². The number of halogens is 1. The SMILES string of the molecule is CCOC(=O)c1c(OCc2ccccc2)c2ncc(Cc3ccc(F)cc3)c3c2n(c1=O)C[C@@H](CNCc1ccc(OC)cc1)O3. The van der Waals surface area contributed by atoms with E-state index in [4.69, 9.17) is 23.9 Å². The number of methoxy groups -OCH3 is 1. The Morgan fingerprint density at radius 1 is 1.02 bits per heavy atom. The van der Waals surface area contributed by atoms with Crippen LogP contribution in [0.25, 0.3) is 11.0 Å². The molecule has 236 valence electrons. The van der Waals surface area contributed by atoms with Crippen molar-refractivity contribution in [1.82, 2.24) is 14.9 Å². The van der Waals surface area contributed by atoms with Crippen LogP contribution in [0.1, 0.15) is 39.5 Å². The number of hydrogen-bond donors (Lipinski definition) is 1. The molecule has 1 aliphatic rings. The van der Waals surface area contributed by atoms with Gasteiger partial charge in [0.15, 0.2) is 17.1 Å². The highest BCUT2D eigenvalue weighted by atomic mass is 19.1. The van der Waals surface area contributed by atoms with E-state index in [2.05, 4.69) is 5.32 Å². The van der Waals surface area contributed by atoms with Gasteiger partial charge in [0.1, 0.15) is 35.3 Å². The zero-order chi connectivity index (χ0) is 32.0. The highest BCUT2D eigenvalue weighted by Crippen LogP contribution is 2.38. The summed E-state index contributed by atoms with van der Waals surface area (Å²) in [6.45, 7) is 3.04. The van der Waals surface area contributed by atoms with Gasteiger partial charge >= 0.3 is 5.97 Å². The van der Waals surface area contributed by atoms with Crippen LogP contribution in [0.5, 0.6) is 17.2 Å². The van der Waals surface area contributed by atoms with Crippen LogP contribution in [0.4, 0.5) is 4.39 Å². The Hall–Kier alpha value is -5.22. The predicted octanol–water partition coefficient (Wildman–Crippen LogP) is 5.44. The number of rotatable bonds is 12. The first-order valence-electron chi connectivity index (χ1n) is 15.1. The zero-order valence-electron chi connectivity index (χ0n) is 25.6. The van der Waals surface area contributed by atoms with E-state index in [0.29, 0.717) is 41.9 Å². The second kappa shape index (κ2) is 13.8. The molecular formula is C36H34FN3O6. The van der Waals surface area contributed by atoms with E-state index < -0.39 is 17.6 Å². The first kappa shape index (κ1) is 30.8. The molecule has 46 heavy (non-hydrogen) atoms. The number of benzene rings is 3. The minimum Gasteiger partial charge on any atom is -0.497 e. The highest BCUT2D eigenvalue weighted by molar-refractivity contribution is 6.00. The van der Waals surface area contributed by atoms with E-state index in [-0.39, 0.29) is 36.9 Å². The third-order valence-electron chi connectivity index (χ3n) is 7.80. The lowest BCUT2D eigenvalue weighted by Gasteiger charge is -2.30. The summed E-state index contributed by atoms with van der Waals surface area (Å²) < 4.78 is 38.6. The van der Waals surface area contributed by atoms with E-state index in [9.17, 15) is 14.0 Å². The summed E-state index contributed by atoms with van der Waals surface area (Å²) in [6.07, 6.45) is 1.60. The summed E-state index contributed by atoms with van der Waals surface area (Å²) in [5.41, 5.74) is 3.48. The third kappa shape index (κ3) is 6.57. The minimum atomic E-state index is -0.777. The maximum Gasteiger partial charge on any atom is 0.347 e. The number of nitrogens with zero attached hydrogens (tertiary/aromatic N) is 2. The molecule has 10 heteroatoms. The predicted molar refractivity (Wildman–Crippen MR) is 171 cm³/mol. The number of aromatic nitrogens is 2. The van der Waals surface area contributed by atoms with Gasteiger partial charge in [0.2, 0.25) is 0 Å². The van der Waals surface area contributed by atoms with Gasteiger partial charge in [-0.15, -0.1) is 0 Å². The molecule has 9 nitrogen and oxygen atoms in total. The Balaban J connectivity index is 1.40. The molecule has 0 radical (unpaired) electrons. The number of pyridine rings is 2. The van der Waals surface area contributed by atoms with E-state index >= 15 is 0 Å². The standard InChI is InChI=1S/C36H34FN3O6/c1-3-44-36(42)30-34(45-22-25-7-5-4-6-8-25)31-32-33(26(19-39-31)17-23-9-13-27(37)14-10-23)46-29(21-40(32)35(30)41)20-38-18-24-11-15-28(43-2)16-12-24/h4-16,19,29,38H,3,17-18,20-22H2,1-2H3/t29-/m1/s1. The average molecular weight is 624 g/mol. The Morgan fingerprint density at radius 3 is 2.48 bits per heavy atom. The van der Waals surface area contributed by atoms with Gasteiger partial charge in [0.05, 0.1) is 20.3 Å². The second-order valence-electron chi connectivity index (χ2n) is 10.9. The largest absolute Gasteiger partial charge is 0.497 e. The molecule has 0 amide bonds. The van der Waals surface area contributed by atoms with Crippen LogP contribution in [-0.4, -0.2) is 41.9 Å². The Bertz CT molecular complexity index is 1890. The van der Waals surface area contributed by atoms with Gasteiger partial charge < -0.3 is 24.3 Å². The van der Waals surface area contributed by atoms with Crippen molar-refractivity contribution < 1.29 is 28.1 Å². The first-order chi connectivity index (χ1) is 22.4. The van der Waals surface area contributed by atoms with Gasteiger partial charge in [0.25, 0.3) is 5.56 Å². The van der Waals surface area contributed by atoms with Gasteiger partial charge in [-0.05, 0) is 47.9 Å². The van der Waals surface area contributed by atoms with E-state index in [1.54, 1.807) is 32.4 Å². The lowest BCUT2D eigenvalue weighted by atomic mass is 10.0. The lowest BCUT2D eigenvalue weighted by Crippen LogP contribution is -2.42. The van der Waals surface area contributed by atoms with Crippen LogP contribution >= 0.6 is 0 Å². The fourth-order valence-electron chi connectivity index (χ4n) is 5.53. The fourth-order valence-corrected chi connectivity index (χ4v) is 5.53. The summed E-state index contributed by atoms with van der Waals surface area (Å²) in [7, 11) is 1.62. The number of carbonyl (C=O) groups is 1. The van der Waals surface area contributed by atoms with Gasteiger partial charge in [0, 0.05) is 31.3 Å². The molecule has 0 fully saturated rings. The van der Waals surface area contributed by atoms with Crippen LogP contribution < -0.4 is 25.1 Å². The molecule has 6 rings (SSSR count). The number of esters is 1. The van der Waals surface area contributed by atoms with E-state index in [1.807, 2.05) is 54.6 Å². The number of ether oxygens (including phenoxy) is 4. The van der Waals surface area contributed by atoms with E-state index in [0.717, 1.165) is 22.4 Å². The number of carbonyl (C=O) groups excluding carboxylic acids is 1. The van der Waals surface area contributed by atoms with Crippen molar-refractivity contribution >= 4 is 17.0 Å². The van der Waals surface area contributed by atoms with Crippen LogP contribution in [-0.2, 0) is 30.9 Å². The van der Waals surface area contributed by atoms with Crippen molar-refractivity contribution in [2.24, 2.45) is 0 Å². The van der Waals surface area contributed by atoms with Crippen molar-refractivity contribution in [1.29, 1.82) is 0 Å². The normalized spacial score (nSPS) is 13.7. The molecule has 1 N–H and O–H groups in total. The van der Waals surface area contributed by atoms with Crippen molar-refractivity contribution in [3.8, 4) is 17.2 Å². The Morgan fingerprint density at radius 2 is 1.76 bits per heavy atom. The molecule has 3 heterocycles. The molecule has 1 aliphatic heterocycles. The van der Waals surface area contributed by atoms with Gasteiger partial charge in [-0.3, -0.25) is 14.3 Å². The molecule has 0 spiro atoms. The van der Waals surface area contributed by atoms with Crippen molar-refractivity contribution in [2.75, 3.05) is 20.3 Å². The highest BCUT2D eigenvalue weighted by Gasteiger charge is 2.33. The molecule has 0 saturated carbocycles. The van der Waals surface area contributed by atoms with Gasteiger partial charge in [-0.25, -0.2) is 9.18 Å². The first-order valence-corrected chi connectivity index (χ1v) is 15.1. The molecule has 1 atom stereocenters. The summed E-state index contributed by atoms with van der Waals surface area (Å²) >= 11 is 0. The molecule has 0 aliphatic carbocycles. The van der Waals surface area contributed by atoms with Crippen LogP contribution in [0, 0.1) is 5.82 Å². The molecule has 2 aromatic heterocycles. The Labute approximate surface area is 265 Å². The molecule has 3 aromatic carbocycles. The van der Waals surface area contributed by atoms with Gasteiger partial charge in [-0.2, -0.15) is 0 Å². The fraction of sp³-hybridized carbons (Fsp3) is 0.250. The summed E-state index contributed by atoms with van der Waals surface area (Å²) in [5, 5.41) is 3.42. The second-order valence-corrected chi connectivity index (χ2v) is 10.9. The molecule has 0 saturated heterocycles. The summed E-state index contributed by atoms with van der Waals surface area (Å²) in [4.78, 5) is 32.2. The van der Waals surface area contributed by atoms with Crippen molar-refractivity contribution in [3.05, 3.63) is 129 Å². The average Bonchev–Trinajstić information content (AvgIpc) is 3.08. The summed E-state index contributed by atoms with van der Waals surface area (Å²) in [5.74, 6) is 0.180. The zero-order valence-corrected chi connectivity index (χ0v) is 25.6. The Kier molecular flexibility index (Phi) is 9.25. The molecule has 5 aromatic rings.